The molecule has 2 aliphatic heterocycles. The van der Waals surface area contributed by atoms with Gasteiger partial charge in [-0.3, -0.25) is 9.71 Å². The van der Waals surface area contributed by atoms with Crippen LogP contribution in [0.5, 0.6) is 0 Å². The van der Waals surface area contributed by atoms with Crippen LogP contribution in [-0.2, 0) is 4.74 Å². The zero-order chi connectivity index (χ0) is 22.6. The Labute approximate surface area is 198 Å². The van der Waals surface area contributed by atoms with E-state index in [1.165, 1.54) is 10.5 Å². The van der Waals surface area contributed by atoms with Gasteiger partial charge in [-0.2, -0.15) is 0 Å². The summed E-state index contributed by atoms with van der Waals surface area (Å²) >= 11 is 3.54. The number of nitrogens with zero attached hydrogens (tertiary/aromatic N) is 2. The van der Waals surface area contributed by atoms with Gasteiger partial charge in [0.05, 0.1) is 12.1 Å². The molecule has 0 aromatic carbocycles. The fourth-order valence-electron chi connectivity index (χ4n) is 3.80. The van der Waals surface area contributed by atoms with Crippen molar-refractivity contribution in [2.75, 3.05) is 19.5 Å². The third kappa shape index (κ3) is 8.49. The molecule has 1 saturated heterocycles. The Balaban J connectivity index is 2.18. The largest absolute Gasteiger partial charge is 0.381 e. The average Bonchev–Trinajstić information content (AvgIpc) is 2.77. The number of allylic oxidation sites excluding steroid dienone is 5. The number of aliphatic imine (C=N–C) groups is 1. The van der Waals surface area contributed by atoms with Gasteiger partial charge in [0.25, 0.3) is 0 Å². The number of ether oxygens (including phenoxy) is 1. The Morgan fingerprint density at radius 1 is 1.35 bits per heavy atom. The second kappa shape index (κ2) is 14.2. The third-order valence-corrected chi connectivity index (χ3v) is 7.58. The molecule has 2 unspecified atom stereocenters. The summed E-state index contributed by atoms with van der Waals surface area (Å²) in [5, 5.41) is 1.10. The number of rotatable bonds is 10. The van der Waals surface area contributed by atoms with E-state index in [4.69, 9.17) is 9.73 Å². The van der Waals surface area contributed by atoms with Crippen LogP contribution in [0.3, 0.4) is 0 Å². The molecule has 0 spiro atoms. The molecule has 0 radical (unpaired) electrons. The van der Waals surface area contributed by atoms with Gasteiger partial charge in [-0.15, -0.1) is 0 Å². The molecule has 0 aromatic heterocycles. The zero-order valence-corrected chi connectivity index (χ0v) is 21.6. The fourth-order valence-corrected chi connectivity index (χ4v) is 5.42. The standard InChI is InChI=1S/C25H41N3OS2/c1-7-9-15-28-23(18-20(5)26-25(28)30-6)21(10-8-2)11-12-24(19(3)4)31-27-22-13-16-29-17-14-22/h8-10,12,15,19-20,22-23,27H,2,7,11,13-14,16-18H2,1,3-6H3/b15-9+,21-10+,24-12+. The molecule has 0 amide bonds. The highest BCUT2D eigenvalue weighted by Gasteiger charge is 2.29. The summed E-state index contributed by atoms with van der Waals surface area (Å²) < 4.78 is 9.17. The molecule has 0 aromatic rings. The SMILES string of the molecule is C=C/C=C(\C/C=C(/SNC1CCOCC1)C(C)C)C1CC(C)N=C(SC)N1/C=C/CC. The van der Waals surface area contributed by atoms with Gasteiger partial charge in [-0.25, -0.2) is 0 Å². The van der Waals surface area contributed by atoms with Crippen molar-refractivity contribution in [3.8, 4) is 0 Å². The summed E-state index contributed by atoms with van der Waals surface area (Å²) in [5.41, 5.74) is 1.40. The first-order chi connectivity index (χ1) is 15.0. The molecule has 2 rings (SSSR count). The highest BCUT2D eigenvalue weighted by Crippen LogP contribution is 2.31. The average molecular weight is 464 g/mol. The van der Waals surface area contributed by atoms with Crippen LogP contribution in [0.4, 0.5) is 0 Å². The molecule has 6 heteroatoms. The summed E-state index contributed by atoms with van der Waals surface area (Å²) in [7, 11) is 0. The van der Waals surface area contributed by atoms with E-state index in [-0.39, 0.29) is 0 Å². The maximum atomic E-state index is 5.49. The minimum absolute atomic E-state index is 0.314. The minimum Gasteiger partial charge on any atom is -0.381 e. The van der Waals surface area contributed by atoms with E-state index in [1.54, 1.807) is 11.8 Å². The van der Waals surface area contributed by atoms with Crippen LogP contribution >= 0.6 is 23.7 Å². The van der Waals surface area contributed by atoms with Gasteiger partial charge in [0.2, 0.25) is 0 Å². The van der Waals surface area contributed by atoms with Crippen molar-refractivity contribution in [2.45, 2.75) is 77.9 Å². The topological polar surface area (TPSA) is 36.9 Å². The van der Waals surface area contributed by atoms with Crippen molar-refractivity contribution < 1.29 is 4.74 Å². The van der Waals surface area contributed by atoms with E-state index in [0.29, 0.717) is 24.0 Å². The smallest absolute Gasteiger partial charge is 0.163 e. The summed E-state index contributed by atoms with van der Waals surface area (Å²) in [6, 6.07) is 1.18. The van der Waals surface area contributed by atoms with Crippen LogP contribution in [0.2, 0.25) is 0 Å². The lowest BCUT2D eigenvalue weighted by Crippen LogP contribution is -2.42. The maximum Gasteiger partial charge on any atom is 0.163 e. The van der Waals surface area contributed by atoms with Crippen molar-refractivity contribution >= 4 is 28.9 Å². The van der Waals surface area contributed by atoms with E-state index in [0.717, 1.165) is 50.5 Å². The van der Waals surface area contributed by atoms with E-state index >= 15 is 0 Å². The Hall–Kier alpha value is -0.950. The Bertz CT molecular complexity index is 678. The molecular formula is C25H41N3OS2. The molecule has 2 atom stereocenters. The molecule has 1 N–H and O–H groups in total. The van der Waals surface area contributed by atoms with Gasteiger partial charge in [0, 0.05) is 25.5 Å². The Kier molecular flexibility index (Phi) is 12.1. The lowest BCUT2D eigenvalue weighted by Gasteiger charge is -2.38. The monoisotopic (exact) mass is 463 g/mol. The Morgan fingerprint density at radius 2 is 2.10 bits per heavy atom. The highest BCUT2D eigenvalue weighted by molar-refractivity contribution is 8.13. The molecule has 0 bridgehead atoms. The summed E-state index contributed by atoms with van der Waals surface area (Å²) in [5.74, 6) is 0.493. The van der Waals surface area contributed by atoms with Crippen molar-refractivity contribution in [3.05, 3.63) is 47.6 Å². The van der Waals surface area contributed by atoms with Gasteiger partial charge in [0.1, 0.15) is 0 Å². The van der Waals surface area contributed by atoms with Crippen LogP contribution in [0.1, 0.15) is 59.8 Å². The van der Waals surface area contributed by atoms with Gasteiger partial charge in [-0.1, -0.05) is 63.4 Å². The van der Waals surface area contributed by atoms with Crippen molar-refractivity contribution in [2.24, 2.45) is 10.9 Å². The summed E-state index contributed by atoms with van der Waals surface area (Å²) in [6.07, 6.45) is 18.3. The van der Waals surface area contributed by atoms with Crippen LogP contribution < -0.4 is 4.72 Å². The van der Waals surface area contributed by atoms with E-state index in [2.05, 4.69) is 74.6 Å². The fraction of sp³-hybridized carbons (Fsp3) is 0.640. The van der Waals surface area contributed by atoms with Crippen LogP contribution in [0.15, 0.2) is 52.6 Å². The van der Waals surface area contributed by atoms with Crippen LogP contribution in [-0.4, -0.2) is 47.7 Å². The van der Waals surface area contributed by atoms with E-state index in [9.17, 15) is 0 Å². The van der Waals surface area contributed by atoms with Crippen LogP contribution in [0, 0.1) is 5.92 Å². The summed E-state index contributed by atoms with van der Waals surface area (Å²) in [4.78, 5) is 8.66. The lowest BCUT2D eigenvalue weighted by atomic mass is 9.94. The molecule has 4 nitrogen and oxygen atoms in total. The Morgan fingerprint density at radius 3 is 2.71 bits per heavy atom. The van der Waals surface area contributed by atoms with Crippen molar-refractivity contribution in [1.29, 1.82) is 0 Å². The minimum atomic E-state index is 0.314. The van der Waals surface area contributed by atoms with Crippen molar-refractivity contribution in [1.82, 2.24) is 9.62 Å². The van der Waals surface area contributed by atoms with E-state index < -0.39 is 0 Å². The van der Waals surface area contributed by atoms with Gasteiger partial charge in [-0.05, 0) is 73.6 Å². The predicted molar refractivity (Wildman–Crippen MR) is 140 cm³/mol. The molecule has 1 fully saturated rings. The number of hydrogen-bond donors (Lipinski definition) is 1. The number of hydrogen-bond acceptors (Lipinski definition) is 6. The molecule has 2 heterocycles. The number of amidine groups is 1. The molecule has 0 aliphatic carbocycles. The predicted octanol–water partition coefficient (Wildman–Crippen LogP) is 6.55. The molecular weight excluding hydrogens is 422 g/mol. The first kappa shape index (κ1) is 26.3. The molecule has 2 aliphatic rings. The highest BCUT2D eigenvalue weighted by atomic mass is 32.2. The second-order valence-corrected chi connectivity index (χ2v) is 10.2. The molecule has 174 valence electrons. The normalized spacial score (nSPS) is 24.2. The lowest BCUT2D eigenvalue weighted by molar-refractivity contribution is 0.0838. The maximum absolute atomic E-state index is 5.49. The first-order valence-electron chi connectivity index (χ1n) is 11.6. The summed E-state index contributed by atoms with van der Waals surface area (Å²) in [6.45, 7) is 14.7. The number of nitrogens with one attached hydrogen (secondary N) is 1. The quantitative estimate of drug-likeness (QED) is 0.294. The van der Waals surface area contributed by atoms with Gasteiger partial charge < -0.3 is 9.64 Å². The van der Waals surface area contributed by atoms with Crippen LogP contribution in [0.25, 0.3) is 0 Å². The number of thioether (sulfide) groups is 1. The first-order valence-corrected chi connectivity index (χ1v) is 13.6. The van der Waals surface area contributed by atoms with Gasteiger partial charge >= 0.3 is 0 Å². The second-order valence-electron chi connectivity index (χ2n) is 8.47. The zero-order valence-electron chi connectivity index (χ0n) is 20.0. The van der Waals surface area contributed by atoms with Gasteiger partial charge in [0.15, 0.2) is 5.17 Å². The van der Waals surface area contributed by atoms with Crippen molar-refractivity contribution in [3.63, 3.8) is 0 Å². The molecule has 31 heavy (non-hydrogen) atoms. The van der Waals surface area contributed by atoms with E-state index in [1.807, 2.05) is 18.0 Å². The molecule has 0 saturated carbocycles. The third-order valence-electron chi connectivity index (χ3n) is 5.57.